The van der Waals surface area contributed by atoms with Crippen molar-refractivity contribution >= 4 is 41.6 Å². The highest BCUT2D eigenvalue weighted by Gasteiger charge is 2.24. The van der Waals surface area contributed by atoms with Gasteiger partial charge in [0.05, 0.1) is 11.3 Å². The largest absolute Gasteiger partial charge is 0.478 e. The van der Waals surface area contributed by atoms with Crippen molar-refractivity contribution in [2.75, 3.05) is 23.7 Å². The molecule has 4 rings (SSSR count). The third kappa shape index (κ3) is 7.88. The molecule has 0 aromatic heterocycles. The topological polar surface area (TPSA) is 98.7 Å². The molecule has 1 aliphatic rings. The van der Waals surface area contributed by atoms with E-state index in [9.17, 15) is 23.9 Å². The first kappa shape index (κ1) is 29.8. The number of benzene rings is 3. The highest BCUT2D eigenvalue weighted by Crippen LogP contribution is 2.29. The molecule has 0 saturated carbocycles. The SMILES string of the molecule is CC(=O)c1cccc(NC(=O)Nc2c(C)ccc(C(=O)O)c2CN2CCC(Cc3ccc(F)cc3)CC2)c1.Cl. The smallest absolute Gasteiger partial charge is 0.336 e. The van der Waals surface area contributed by atoms with Crippen molar-refractivity contribution in [3.8, 4) is 0 Å². The first-order valence-corrected chi connectivity index (χ1v) is 12.7. The van der Waals surface area contributed by atoms with Crippen molar-refractivity contribution in [3.63, 3.8) is 0 Å². The van der Waals surface area contributed by atoms with Gasteiger partial charge in [0, 0.05) is 23.4 Å². The Balaban J connectivity index is 0.00000420. The molecule has 0 radical (unpaired) electrons. The van der Waals surface area contributed by atoms with Crippen LogP contribution in [0, 0.1) is 18.7 Å². The fourth-order valence-corrected chi connectivity index (χ4v) is 4.92. The number of rotatable bonds is 8. The van der Waals surface area contributed by atoms with Crippen LogP contribution in [0.5, 0.6) is 0 Å². The number of nitrogens with one attached hydrogen (secondary N) is 2. The zero-order valence-corrected chi connectivity index (χ0v) is 22.8. The second-order valence-electron chi connectivity index (χ2n) is 9.85. The summed E-state index contributed by atoms with van der Waals surface area (Å²) in [4.78, 5) is 38.9. The number of nitrogens with zero attached hydrogens (tertiary/aromatic N) is 1. The number of carboxylic acids is 1. The number of amides is 2. The van der Waals surface area contributed by atoms with E-state index < -0.39 is 12.0 Å². The molecule has 0 spiro atoms. The summed E-state index contributed by atoms with van der Waals surface area (Å²) in [5, 5.41) is 15.5. The molecule has 7 nitrogen and oxygen atoms in total. The Kier molecular flexibility index (Phi) is 10.2. The Morgan fingerprint density at radius 3 is 2.33 bits per heavy atom. The molecule has 1 saturated heterocycles. The molecule has 0 unspecified atom stereocenters. The number of hydrogen-bond acceptors (Lipinski definition) is 4. The zero-order valence-electron chi connectivity index (χ0n) is 22.0. The van der Waals surface area contributed by atoms with Crippen LogP contribution in [0.4, 0.5) is 20.6 Å². The number of piperidine rings is 1. The van der Waals surface area contributed by atoms with E-state index in [1.807, 2.05) is 19.1 Å². The second-order valence-corrected chi connectivity index (χ2v) is 9.85. The van der Waals surface area contributed by atoms with Crippen LogP contribution in [0.25, 0.3) is 0 Å². The lowest BCUT2D eigenvalue weighted by Crippen LogP contribution is -2.35. The lowest BCUT2D eigenvalue weighted by molar-refractivity contribution is 0.0693. The minimum Gasteiger partial charge on any atom is -0.478 e. The zero-order chi connectivity index (χ0) is 27.2. The van der Waals surface area contributed by atoms with E-state index in [-0.39, 0.29) is 29.6 Å². The van der Waals surface area contributed by atoms with Crippen molar-refractivity contribution in [1.82, 2.24) is 4.90 Å². The molecule has 1 aliphatic heterocycles. The molecular weight excluding hydrogens is 521 g/mol. The van der Waals surface area contributed by atoms with Gasteiger partial charge in [-0.25, -0.2) is 14.0 Å². The van der Waals surface area contributed by atoms with Crippen molar-refractivity contribution < 1.29 is 23.9 Å². The Labute approximate surface area is 233 Å². The number of carbonyl (C=O) groups is 3. The van der Waals surface area contributed by atoms with Crippen LogP contribution in [0.1, 0.15) is 57.2 Å². The third-order valence-electron chi connectivity index (χ3n) is 7.04. The number of urea groups is 1. The van der Waals surface area contributed by atoms with Gasteiger partial charge in [0.25, 0.3) is 0 Å². The van der Waals surface area contributed by atoms with Gasteiger partial charge in [-0.15, -0.1) is 12.4 Å². The van der Waals surface area contributed by atoms with Gasteiger partial charge in [-0.2, -0.15) is 0 Å². The maximum absolute atomic E-state index is 13.2. The van der Waals surface area contributed by atoms with Crippen molar-refractivity contribution in [2.45, 2.75) is 39.7 Å². The highest BCUT2D eigenvalue weighted by atomic mass is 35.5. The summed E-state index contributed by atoms with van der Waals surface area (Å²) < 4.78 is 13.2. The number of aryl methyl sites for hydroxylation is 1. The molecule has 3 N–H and O–H groups in total. The summed E-state index contributed by atoms with van der Waals surface area (Å²) in [5.74, 6) is -0.924. The van der Waals surface area contributed by atoms with Crippen molar-refractivity contribution in [1.29, 1.82) is 0 Å². The van der Waals surface area contributed by atoms with Gasteiger partial charge in [0.2, 0.25) is 0 Å². The second kappa shape index (κ2) is 13.4. The van der Waals surface area contributed by atoms with Crippen LogP contribution < -0.4 is 10.6 Å². The van der Waals surface area contributed by atoms with Crippen LogP contribution in [-0.4, -0.2) is 40.9 Å². The van der Waals surface area contributed by atoms with Gasteiger partial charge in [-0.05, 0) is 93.6 Å². The van der Waals surface area contributed by atoms with Gasteiger partial charge in [0.15, 0.2) is 5.78 Å². The molecule has 2 amide bonds. The number of anilines is 2. The van der Waals surface area contributed by atoms with Crippen molar-refractivity contribution in [2.24, 2.45) is 5.92 Å². The Hall–Kier alpha value is -3.75. The number of ketones is 1. The summed E-state index contributed by atoms with van der Waals surface area (Å²) in [6.45, 7) is 5.26. The first-order chi connectivity index (χ1) is 18.2. The lowest BCUT2D eigenvalue weighted by Gasteiger charge is -2.33. The molecule has 0 atom stereocenters. The van der Waals surface area contributed by atoms with Crippen LogP contribution in [0.3, 0.4) is 0 Å². The minimum absolute atomic E-state index is 0. The quantitative estimate of drug-likeness (QED) is 0.275. The first-order valence-electron chi connectivity index (χ1n) is 12.7. The van der Waals surface area contributed by atoms with Gasteiger partial charge in [-0.3, -0.25) is 9.69 Å². The molecular formula is C30H33ClFN3O4. The fraction of sp³-hybridized carbons (Fsp3) is 0.300. The summed E-state index contributed by atoms with van der Waals surface area (Å²) >= 11 is 0. The number of likely N-dealkylation sites (tertiary alicyclic amines) is 1. The molecule has 0 aliphatic carbocycles. The average molecular weight is 554 g/mol. The van der Waals surface area contributed by atoms with E-state index in [0.29, 0.717) is 35.0 Å². The van der Waals surface area contributed by atoms with E-state index >= 15 is 0 Å². The standard InChI is InChI=1S/C30H32FN3O4.ClH/c1-19-6-11-26(29(36)37)27(28(19)33-30(38)32-25-5-3-4-23(17-25)20(2)35)18-34-14-12-22(13-15-34)16-21-7-9-24(31)10-8-21;/h3-11,17,22H,12-16,18H2,1-2H3,(H,36,37)(H2,32,33,38);1H. The van der Waals surface area contributed by atoms with Gasteiger partial charge < -0.3 is 15.7 Å². The predicted molar refractivity (Wildman–Crippen MR) is 153 cm³/mol. The number of hydrogen-bond donors (Lipinski definition) is 3. The van der Waals surface area contributed by atoms with E-state index in [0.717, 1.165) is 43.5 Å². The van der Waals surface area contributed by atoms with Gasteiger partial charge in [0.1, 0.15) is 5.82 Å². The Morgan fingerprint density at radius 1 is 1.00 bits per heavy atom. The van der Waals surface area contributed by atoms with Crippen LogP contribution in [0.2, 0.25) is 0 Å². The number of carbonyl (C=O) groups excluding carboxylic acids is 2. The third-order valence-corrected chi connectivity index (χ3v) is 7.04. The van der Waals surface area contributed by atoms with E-state index in [4.69, 9.17) is 0 Å². The monoisotopic (exact) mass is 553 g/mol. The normalized spacial score (nSPS) is 13.8. The lowest BCUT2D eigenvalue weighted by atomic mass is 9.89. The fourth-order valence-electron chi connectivity index (χ4n) is 4.92. The highest BCUT2D eigenvalue weighted by molar-refractivity contribution is 6.03. The number of halogens is 2. The van der Waals surface area contributed by atoms with Crippen LogP contribution >= 0.6 is 12.4 Å². The molecule has 9 heteroatoms. The Bertz CT molecular complexity index is 1340. The summed E-state index contributed by atoms with van der Waals surface area (Å²) in [7, 11) is 0. The predicted octanol–water partition coefficient (Wildman–Crippen LogP) is 6.56. The molecule has 0 bridgehead atoms. The maximum Gasteiger partial charge on any atom is 0.336 e. The van der Waals surface area contributed by atoms with E-state index in [2.05, 4.69) is 15.5 Å². The number of carboxylic acid groups (broad SMARTS) is 1. The van der Waals surface area contributed by atoms with Gasteiger partial charge in [-0.1, -0.05) is 30.3 Å². The molecule has 206 valence electrons. The molecule has 3 aromatic carbocycles. The summed E-state index contributed by atoms with van der Waals surface area (Å²) in [5.41, 5.74) is 3.99. The minimum atomic E-state index is -1.05. The molecule has 1 heterocycles. The average Bonchev–Trinajstić information content (AvgIpc) is 2.88. The summed E-state index contributed by atoms with van der Waals surface area (Å²) in [6, 6.07) is 16.0. The van der Waals surface area contributed by atoms with Crippen molar-refractivity contribution in [3.05, 3.63) is 94.3 Å². The maximum atomic E-state index is 13.2. The summed E-state index contributed by atoms with van der Waals surface area (Å²) in [6.07, 6.45) is 2.78. The molecule has 39 heavy (non-hydrogen) atoms. The van der Waals surface area contributed by atoms with Crippen LogP contribution in [0.15, 0.2) is 60.7 Å². The van der Waals surface area contributed by atoms with E-state index in [1.54, 1.807) is 36.4 Å². The number of Topliss-reactive ketones (excluding diaryl/α,β-unsaturated/α-hetero) is 1. The molecule has 3 aromatic rings. The van der Waals surface area contributed by atoms with Gasteiger partial charge >= 0.3 is 12.0 Å². The Morgan fingerprint density at radius 2 is 1.69 bits per heavy atom. The molecule has 1 fully saturated rings. The number of aromatic carboxylic acids is 1. The van der Waals surface area contributed by atoms with E-state index in [1.165, 1.54) is 19.1 Å². The van der Waals surface area contributed by atoms with Crippen LogP contribution in [-0.2, 0) is 13.0 Å².